The zero-order chi connectivity index (χ0) is 23.5. The standard InChI is InChI=1S/C28H37NO3/c1-27(2,3)22-14-10-20(11-15-22)25(30)29-18-8-7-9-24(29)19-32-26(31)21-12-16-23(17-13-21)28(4,5)6/h10-17,24H,7-9,18-19H2,1-6H3. The first kappa shape index (κ1) is 24.0. The van der Waals surface area contributed by atoms with Crippen LogP contribution in [0.5, 0.6) is 0 Å². The van der Waals surface area contributed by atoms with E-state index in [9.17, 15) is 9.59 Å². The number of nitrogens with zero attached hydrogens (tertiary/aromatic N) is 1. The van der Waals surface area contributed by atoms with Crippen molar-refractivity contribution in [1.82, 2.24) is 4.90 Å². The van der Waals surface area contributed by atoms with Crippen molar-refractivity contribution in [3.63, 3.8) is 0 Å². The van der Waals surface area contributed by atoms with Crippen LogP contribution in [-0.2, 0) is 15.6 Å². The quantitative estimate of drug-likeness (QED) is 0.543. The van der Waals surface area contributed by atoms with Crippen LogP contribution < -0.4 is 0 Å². The van der Waals surface area contributed by atoms with Gasteiger partial charge in [-0.2, -0.15) is 0 Å². The molecule has 0 radical (unpaired) electrons. The molecule has 3 rings (SSSR count). The minimum absolute atomic E-state index is 0.0146. The fraction of sp³-hybridized carbons (Fsp3) is 0.500. The number of carbonyl (C=O) groups is 2. The van der Waals surface area contributed by atoms with E-state index in [1.165, 1.54) is 11.1 Å². The monoisotopic (exact) mass is 435 g/mol. The van der Waals surface area contributed by atoms with Gasteiger partial charge in [0.15, 0.2) is 0 Å². The molecule has 0 spiro atoms. The van der Waals surface area contributed by atoms with Gasteiger partial charge in [0.2, 0.25) is 0 Å². The third-order valence-electron chi connectivity index (χ3n) is 6.28. The Morgan fingerprint density at radius 2 is 1.31 bits per heavy atom. The molecule has 2 aromatic carbocycles. The Bertz CT molecular complexity index is 931. The largest absolute Gasteiger partial charge is 0.460 e. The summed E-state index contributed by atoms with van der Waals surface area (Å²) < 4.78 is 5.64. The molecule has 0 N–H and O–H groups in total. The topological polar surface area (TPSA) is 46.6 Å². The lowest BCUT2D eigenvalue weighted by atomic mass is 9.86. The molecule has 0 bridgehead atoms. The fourth-order valence-corrected chi connectivity index (χ4v) is 4.08. The number of hydrogen-bond donors (Lipinski definition) is 0. The first-order chi connectivity index (χ1) is 15.0. The van der Waals surface area contributed by atoms with Gasteiger partial charge in [0, 0.05) is 12.1 Å². The number of piperidine rings is 1. The molecule has 1 saturated heterocycles. The lowest BCUT2D eigenvalue weighted by molar-refractivity contribution is 0.0251. The van der Waals surface area contributed by atoms with E-state index in [0.29, 0.717) is 17.7 Å². The summed E-state index contributed by atoms with van der Waals surface area (Å²) in [6.45, 7) is 13.8. The van der Waals surface area contributed by atoms with Crippen LogP contribution in [-0.4, -0.2) is 36.0 Å². The van der Waals surface area contributed by atoms with Crippen molar-refractivity contribution in [2.45, 2.75) is 77.7 Å². The average molecular weight is 436 g/mol. The van der Waals surface area contributed by atoms with Crippen molar-refractivity contribution in [2.75, 3.05) is 13.2 Å². The van der Waals surface area contributed by atoms with Crippen LogP contribution in [0.1, 0.15) is 92.6 Å². The van der Waals surface area contributed by atoms with E-state index < -0.39 is 0 Å². The van der Waals surface area contributed by atoms with Crippen molar-refractivity contribution < 1.29 is 14.3 Å². The SMILES string of the molecule is CC(C)(C)c1ccc(C(=O)OCC2CCCCN2C(=O)c2ccc(C(C)(C)C)cc2)cc1. The number of rotatable bonds is 4. The summed E-state index contributed by atoms with van der Waals surface area (Å²) in [6, 6.07) is 15.4. The number of ether oxygens (including phenoxy) is 1. The summed E-state index contributed by atoms with van der Waals surface area (Å²) in [5.74, 6) is -0.321. The Labute approximate surface area is 193 Å². The van der Waals surface area contributed by atoms with Crippen LogP contribution in [0.3, 0.4) is 0 Å². The highest BCUT2D eigenvalue weighted by molar-refractivity contribution is 5.94. The Morgan fingerprint density at radius 3 is 1.81 bits per heavy atom. The summed E-state index contributed by atoms with van der Waals surface area (Å²) in [5.41, 5.74) is 3.70. The molecule has 4 heteroatoms. The second kappa shape index (κ2) is 9.48. The van der Waals surface area contributed by atoms with E-state index in [4.69, 9.17) is 4.74 Å². The maximum atomic E-state index is 13.2. The van der Waals surface area contributed by atoms with Gasteiger partial charge in [-0.15, -0.1) is 0 Å². The van der Waals surface area contributed by atoms with Crippen LogP contribution in [0, 0.1) is 0 Å². The number of likely N-dealkylation sites (tertiary alicyclic amines) is 1. The molecule has 1 amide bonds. The number of carbonyl (C=O) groups excluding carboxylic acids is 2. The lowest BCUT2D eigenvalue weighted by Crippen LogP contribution is -2.46. The van der Waals surface area contributed by atoms with Crippen molar-refractivity contribution in [1.29, 1.82) is 0 Å². The molecule has 1 unspecified atom stereocenters. The predicted molar refractivity (Wildman–Crippen MR) is 129 cm³/mol. The van der Waals surface area contributed by atoms with Gasteiger partial charge in [-0.1, -0.05) is 65.8 Å². The van der Waals surface area contributed by atoms with Gasteiger partial charge in [-0.05, 0) is 65.5 Å². The Balaban J connectivity index is 1.65. The molecule has 1 heterocycles. The minimum atomic E-state index is -0.335. The van der Waals surface area contributed by atoms with E-state index in [1.54, 1.807) is 0 Å². The van der Waals surface area contributed by atoms with Crippen LogP contribution in [0.2, 0.25) is 0 Å². The van der Waals surface area contributed by atoms with Gasteiger partial charge < -0.3 is 9.64 Å². The molecule has 1 fully saturated rings. The summed E-state index contributed by atoms with van der Waals surface area (Å²) in [6.07, 6.45) is 2.86. The summed E-state index contributed by atoms with van der Waals surface area (Å²) in [7, 11) is 0. The first-order valence-corrected chi connectivity index (χ1v) is 11.7. The first-order valence-electron chi connectivity index (χ1n) is 11.7. The van der Waals surface area contributed by atoms with Gasteiger partial charge in [0.1, 0.15) is 6.61 Å². The predicted octanol–water partition coefficient (Wildman–Crippen LogP) is 6.13. The maximum Gasteiger partial charge on any atom is 0.338 e. The number of amides is 1. The van der Waals surface area contributed by atoms with Crippen LogP contribution in [0.15, 0.2) is 48.5 Å². The number of esters is 1. The highest BCUT2D eigenvalue weighted by Gasteiger charge is 2.29. The van der Waals surface area contributed by atoms with Crippen molar-refractivity contribution in [3.05, 3.63) is 70.8 Å². The average Bonchev–Trinajstić information content (AvgIpc) is 2.76. The molecular weight excluding hydrogens is 398 g/mol. The van der Waals surface area contributed by atoms with Crippen molar-refractivity contribution in [2.24, 2.45) is 0 Å². The maximum absolute atomic E-state index is 13.2. The van der Waals surface area contributed by atoms with Gasteiger partial charge in [-0.25, -0.2) is 4.79 Å². The van der Waals surface area contributed by atoms with Crippen LogP contribution in [0.4, 0.5) is 0 Å². The van der Waals surface area contributed by atoms with E-state index in [2.05, 4.69) is 41.5 Å². The molecule has 0 saturated carbocycles. The fourth-order valence-electron chi connectivity index (χ4n) is 4.08. The minimum Gasteiger partial charge on any atom is -0.460 e. The van der Waals surface area contributed by atoms with E-state index in [0.717, 1.165) is 19.3 Å². The molecule has 32 heavy (non-hydrogen) atoms. The zero-order valence-electron chi connectivity index (χ0n) is 20.4. The highest BCUT2D eigenvalue weighted by atomic mass is 16.5. The van der Waals surface area contributed by atoms with Gasteiger partial charge >= 0.3 is 5.97 Å². The van der Waals surface area contributed by atoms with Gasteiger partial charge in [0.25, 0.3) is 5.91 Å². The van der Waals surface area contributed by atoms with E-state index >= 15 is 0 Å². The Morgan fingerprint density at radius 1 is 0.812 bits per heavy atom. The van der Waals surface area contributed by atoms with Crippen molar-refractivity contribution >= 4 is 11.9 Å². The third kappa shape index (κ3) is 5.79. The molecule has 0 aliphatic carbocycles. The Hall–Kier alpha value is -2.62. The van der Waals surface area contributed by atoms with Gasteiger partial charge in [0.05, 0.1) is 11.6 Å². The molecule has 2 aromatic rings. The molecule has 1 aliphatic rings. The van der Waals surface area contributed by atoms with Crippen LogP contribution in [0.25, 0.3) is 0 Å². The second-order valence-corrected chi connectivity index (χ2v) is 10.9. The van der Waals surface area contributed by atoms with E-state index in [-0.39, 0.29) is 35.4 Å². The molecule has 0 aromatic heterocycles. The molecule has 1 atom stereocenters. The smallest absolute Gasteiger partial charge is 0.338 e. The number of hydrogen-bond acceptors (Lipinski definition) is 3. The van der Waals surface area contributed by atoms with Crippen molar-refractivity contribution in [3.8, 4) is 0 Å². The highest BCUT2D eigenvalue weighted by Crippen LogP contribution is 2.25. The Kier molecular flexibility index (Phi) is 7.12. The summed E-state index contributed by atoms with van der Waals surface area (Å²) in [5, 5.41) is 0. The zero-order valence-corrected chi connectivity index (χ0v) is 20.4. The number of benzene rings is 2. The summed E-state index contributed by atoms with van der Waals surface area (Å²) in [4.78, 5) is 27.7. The molecule has 1 aliphatic heterocycles. The summed E-state index contributed by atoms with van der Waals surface area (Å²) >= 11 is 0. The molecule has 4 nitrogen and oxygen atoms in total. The molecular formula is C28H37NO3. The molecule has 172 valence electrons. The second-order valence-electron chi connectivity index (χ2n) is 10.9. The van der Waals surface area contributed by atoms with Gasteiger partial charge in [-0.3, -0.25) is 4.79 Å². The third-order valence-corrected chi connectivity index (χ3v) is 6.28. The normalized spacial score (nSPS) is 17.2. The van der Waals surface area contributed by atoms with Crippen LogP contribution >= 0.6 is 0 Å². The lowest BCUT2D eigenvalue weighted by Gasteiger charge is -2.35. The van der Waals surface area contributed by atoms with E-state index in [1.807, 2.05) is 53.4 Å².